The largest absolute Gasteiger partial charge is 0.504 e. The summed E-state index contributed by atoms with van der Waals surface area (Å²) >= 11 is 0. The minimum atomic E-state index is -0.0764. The highest BCUT2D eigenvalue weighted by Gasteiger charge is 2.25. The Bertz CT molecular complexity index is 595. The zero-order valence-electron chi connectivity index (χ0n) is 13.1. The van der Waals surface area contributed by atoms with Crippen molar-refractivity contribution in [3.8, 4) is 23.0 Å². The van der Waals surface area contributed by atoms with Crippen LogP contribution in [0.25, 0.3) is 0 Å². The van der Waals surface area contributed by atoms with Crippen molar-refractivity contribution in [1.29, 1.82) is 0 Å². The molecule has 2 saturated heterocycles. The SMILES string of the molecule is Oc1ccccc1O.c1ccc(OCC2CO2)c(OCC2CO2)c1. The lowest BCUT2D eigenvalue weighted by Crippen LogP contribution is -2.08. The molecule has 2 heterocycles. The molecule has 0 bridgehead atoms. The molecule has 4 rings (SSSR count). The van der Waals surface area contributed by atoms with Gasteiger partial charge < -0.3 is 29.2 Å². The van der Waals surface area contributed by atoms with Crippen LogP contribution in [-0.4, -0.2) is 48.8 Å². The molecule has 2 N–H and O–H groups in total. The van der Waals surface area contributed by atoms with Crippen LogP contribution in [0.1, 0.15) is 0 Å². The number of hydrogen-bond donors (Lipinski definition) is 2. The number of epoxide rings is 2. The maximum Gasteiger partial charge on any atom is 0.161 e. The topological polar surface area (TPSA) is 84.0 Å². The number of benzene rings is 2. The molecule has 6 nitrogen and oxygen atoms in total. The van der Waals surface area contributed by atoms with Crippen LogP contribution in [0.15, 0.2) is 48.5 Å². The fourth-order valence-electron chi connectivity index (χ4n) is 1.85. The standard InChI is InChI=1S/C12H14O4.C6H6O2/c1-2-4-12(16-8-10-6-14-10)11(3-1)15-7-9-5-13-9;7-5-3-1-2-4-6(5)8/h1-4,9-10H,5-8H2;1-4,7-8H. The molecule has 24 heavy (non-hydrogen) atoms. The average Bonchev–Trinajstić information content (AvgIpc) is 3.49. The number of phenols is 2. The molecule has 0 amide bonds. The highest BCUT2D eigenvalue weighted by molar-refractivity contribution is 5.39. The van der Waals surface area contributed by atoms with Crippen LogP contribution in [0, 0.1) is 0 Å². The zero-order valence-corrected chi connectivity index (χ0v) is 13.1. The molecule has 0 saturated carbocycles. The predicted molar refractivity (Wildman–Crippen MR) is 86.7 cm³/mol. The molecular weight excluding hydrogens is 312 g/mol. The second kappa shape index (κ2) is 7.90. The van der Waals surface area contributed by atoms with E-state index in [0.29, 0.717) is 13.2 Å². The van der Waals surface area contributed by atoms with Gasteiger partial charge in [0.2, 0.25) is 0 Å². The highest BCUT2D eigenvalue weighted by Crippen LogP contribution is 2.28. The van der Waals surface area contributed by atoms with E-state index in [4.69, 9.17) is 29.2 Å². The molecule has 2 aromatic rings. The third-order valence-corrected chi connectivity index (χ3v) is 3.39. The number of rotatable bonds is 6. The molecule has 2 aliphatic rings. The van der Waals surface area contributed by atoms with Crippen LogP contribution in [0.5, 0.6) is 23.0 Å². The number of hydrogen-bond acceptors (Lipinski definition) is 6. The van der Waals surface area contributed by atoms with E-state index in [1.165, 1.54) is 12.1 Å². The molecule has 2 fully saturated rings. The van der Waals surface area contributed by atoms with Crippen molar-refractivity contribution in [3.05, 3.63) is 48.5 Å². The van der Waals surface area contributed by atoms with E-state index in [2.05, 4.69) is 0 Å². The van der Waals surface area contributed by atoms with E-state index in [-0.39, 0.29) is 23.7 Å². The molecule has 2 aromatic carbocycles. The van der Waals surface area contributed by atoms with Crippen LogP contribution in [0.4, 0.5) is 0 Å². The number of ether oxygens (including phenoxy) is 4. The summed E-state index contributed by atoms with van der Waals surface area (Å²) in [6, 6.07) is 13.8. The van der Waals surface area contributed by atoms with E-state index < -0.39 is 0 Å². The quantitative estimate of drug-likeness (QED) is 0.624. The maximum absolute atomic E-state index is 8.67. The van der Waals surface area contributed by atoms with Crippen LogP contribution < -0.4 is 9.47 Å². The molecule has 0 radical (unpaired) electrons. The number of aromatic hydroxyl groups is 2. The summed E-state index contributed by atoms with van der Waals surface area (Å²) in [5.41, 5.74) is 0. The minimum absolute atomic E-state index is 0.0764. The Morgan fingerprint density at radius 3 is 1.46 bits per heavy atom. The molecule has 2 aliphatic heterocycles. The predicted octanol–water partition coefficient (Wildman–Crippen LogP) is 2.34. The van der Waals surface area contributed by atoms with E-state index in [1.54, 1.807) is 12.1 Å². The van der Waals surface area contributed by atoms with E-state index >= 15 is 0 Å². The first kappa shape index (κ1) is 16.4. The molecule has 0 spiro atoms. The Balaban J connectivity index is 0.000000179. The van der Waals surface area contributed by atoms with Gasteiger partial charge in [0.05, 0.1) is 13.2 Å². The van der Waals surface area contributed by atoms with Crippen molar-refractivity contribution < 1.29 is 29.2 Å². The molecule has 6 heteroatoms. The Morgan fingerprint density at radius 1 is 0.750 bits per heavy atom. The maximum atomic E-state index is 8.67. The molecule has 0 aliphatic carbocycles. The van der Waals surface area contributed by atoms with Crippen LogP contribution in [0.3, 0.4) is 0 Å². The number of phenolic OH excluding ortho intramolecular Hbond substituents is 2. The van der Waals surface area contributed by atoms with Gasteiger partial charge in [0.1, 0.15) is 25.4 Å². The second-order valence-corrected chi connectivity index (χ2v) is 5.47. The second-order valence-electron chi connectivity index (χ2n) is 5.47. The lowest BCUT2D eigenvalue weighted by Gasteiger charge is -2.10. The summed E-state index contributed by atoms with van der Waals surface area (Å²) in [5, 5.41) is 17.3. The Kier molecular flexibility index (Phi) is 5.40. The third kappa shape index (κ3) is 5.33. The molecule has 2 atom stereocenters. The van der Waals surface area contributed by atoms with Gasteiger partial charge >= 0.3 is 0 Å². The molecule has 2 unspecified atom stereocenters. The number of para-hydroxylation sites is 4. The lowest BCUT2D eigenvalue weighted by molar-refractivity contribution is 0.228. The van der Waals surface area contributed by atoms with Crippen LogP contribution >= 0.6 is 0 Å². The van der Waals surface area contributed by atoms with Crippen LogP contribution in [0.2, 0.25) is 0 Å². The fourth-order valence-corrected chi connectivity index (χ4v) is 1.85. The lowest BCUT2D eigenvalue weighted by atomic mass is 10.3. The van der Waals surface area contributed by atoms with Gasteiger partial charge in [-0.3, -0.25) is 0 Å². The van der Waals surface area contributed by atoms with Gasteiger partial charge in [-0.05, 0) is 24.3 Å². The molecule has 0 aromatic heterocycles. The Morgan fingerprint density at radius 2 is 1.12 bits per heavy atom. The minimum Gasteiger partial charge on any atom is -0.504 e. The van der Waals surface area contributed by atoms with Gasteiger partial charge in [0.15, 0.2) is 23.0 Å². The summed E-state index contributed by atoms with van der Waals surface area (Å²) in [6.45, 7) is 2.80. The van der Waals surface area contributed by atoms with Gasteiger partial charge in [0, 0.05) is 0 Å². The summed E-state index contributed by atoms with van der Waals surface area (Å²) < 4.78 is 21.4. The normalized spacial score (nSPS) is 20.5. The first-order valence-electron chi connectivity index (χ1n) is 7.77. The molecular formula is C18H20O6. The summed E-state index contributed by atoms with van der Waals surface area (Å²) in [7, 11) is 0. The van der Waals surface area contributed by atoms with Crippen molar-refractivity contribution in [2.24, 2.45) is 0 Å². The third-order valence-electron chi connectivity index (χ3n) is 3.39. The van der Waals surface area contributed by atoms with Gasteiger partial charge in [0.25, 0.3) is 0 Å². The summed E-state index contributed by atoms with van der Waals surface area (Å²) in [6.07, 6.45) is 0.527. The van der Waals surface area contributed by atoms with Crippen molar-refractivity contribution in [1.82, 2.24) is 0 Å². The van der Waals surface area contributed by atoms with E-state index in [1.807, 2.05) is 24.3 Å². The van der Waals surface area contributed by atoms with Gasteiger partial charge in [-0.1, -0.05) is 24.3 Å². The first-order valence-corrected chi connectivity index (χ1v) is 7.77. The monoisotopic (exact) mass is 332 g/mol. The molecule has 128 valence electrons. The van der Waals surface area contributed by atoms with Crippen molar-refractivity contribution in [2.75, 3.05) is 26.4 Å². The van der Waals surface area contributed by atoms with Gasteiger partial charge in [-0.2, -0.15) is 0 Å². The average molecular weight is 332 g/mol. The van der Waals surface area contributed by atoms with E-state index in [9.17, 15) is 0 Å². The van der Waals surface area contributed by atoms with Crippen LogP contribution in [-0.2, 0) is 9.47 Å². The summed E-state index contributed by atoms with van der Waals surface area (Å²) in [4.78, 5) is 0. The van der Waals surface area contributed by atoms with Crippen molar-refractivity contribution in [3.63, 3.8) is 0 Å². The Labute approximate surface area is 140 Å². The summed E-state index contributed by atoms with van der Waals surface area (Å²) in [5.74, 6) is 1.40. The first-order chi connectivity index (χ1) is 11.7. The van der Waals surface area contributed by atoms with E-state index in [0.717, 1.165) is 24.7 Å². The highest BCUT2D eigenvalue weighted by atomic mass is 16.6. The van der Waals surface area contributed by atoms with Crippen molar-refractivity contribution >= 4 is 0 Å². The van der Waals surface area contributed by atoms with Crippen molar-refractivity contribution in [2.45, 2.75) is 12.2 Å². The zero-order chi connectivity index (χ0) is 16.8. The Hall–Kier alpha value is -2.44. The smallest absolute Gasteiger partial charge is 0.161 e. The van der Waals surface area contributed by atoms with Gasteiger partial charge in [-0.15, -0.1) is 0 Å². The fraction of sp³-hybridized carbons (Fsp3) is 0.333. The van der Waals surface area contributed by atoms with Gasteiger partial charge in [-0.25, -0.2) is 0 Å².